The molecule has 1 aromatic rings. The van der Waals surface area contributed by atoms with E-state index in [4.69, 9.17) is 10.9 Å². The molecule has 5 nitrogen and oxygen atoms in total. The molecule has 1 aromatic heterocycles. The van der Waals surface area contributed by atoms with Crippen molar-refractivity contribution >= 4 is 5.84 Å². The molecule has 1 heterocycles. The minimum atomic E-state index is -0.00472. The predicted octanol–water partition coefficient (Wildman–Crippen LogP) is 0.266. The van der Waals surface area contributed by atoms with Crippen molar-refractivity contribution in [1.29, 1.82) is 0 Å². The van der Waals surface area contributed by atoms with Crippen LogP contribution >= 0.6 is 0 Å². The van der Waals surface area contributed by atoms with E-state index in [0.717, 1.165) is 0 Å². The van der Waals surface area contributed by atoms with Gasteiger partial charge < -0.3 is 10.9 Å². The molecule has 3 N–H and O–H groups in total. The second-order valence-corrected chi connectivity index (χ2v) is 2.65. The molecule has 0 aliphatic rings. The Balaban J connectivity index is 2.53. The van der Waals surface area contributed by atoms with Gasteiger partial charge in [-0.15, -0.1) is 0 Å². The summed E-state index contributed by atoms with van der Waals surface area (Å²) in [6.07, 6.45) is 3.53. The zero-order chi connectivity index (χ0) is 8.97. The molecule has 0 bridgehead atoms. The first-order valence-corrected chi connectivity index (χ1v) is 3.69. The summed E-state index contributed by atoms with van der Waals surface area (Å²) in [7, 11) is 0. The number of amidine groups is 1. The number of rotatable bonds is 3. The number of oxime groups is 1. The van der Waals surface area contributed by atoms with Crippen LogP contribution in [0.1, 0.15) is 6.92 Å². The van der Waals surface area contributed by atoms with E-state index in [1.807, 2.05) is 19.2 Å². The first kappa shape index (κ1) is 8.58. The van der Waals surface area contributed by atoms with Gasteiger partial charge in [-0.3, -0.25) is 4.68 Å². The Kier molecular flexibility index (Phi) is 2.68. The Labute approximate surface area is 70.5 Å². The lowest BCUT2D eigenvalue weighted by atomic mass is 10.1. The van der Waals surface area contributed by atoms with Crippen molar-refractivity contribution in [3.05, 3.63) is 18.5 Å². The first-order chi connectivity index (χ1) is 5.74. The summed E-state index contributed by atoms with van der Waals surface area (Å²) in [4.78, 5) is 0. The molecule has 0 aliphatic heterocycles. The smallest absolute Gasteiger partial charge is 0.143 e. The van der Waals surface area contributed by atoms with Crippen LogP contribution in [-0.4, -0.2) is 20.8 Å². The monoisotopic (exact) mass is 168 g/mol. The van der Waals surface area contributed by atoms with E-state index in [9.17, 15) is 0 Å². The summed E-state index contributed by atoms with van der Waals surface area (Å²) < 4.78 is 1.74. The highest BCUT2D eigenvalue weighted by Crippen LogP contribution is 1.98. The van der Waals surface area contributed by atoms with Crippen LogP contribution in [0.25, 0.3) is 0 Å². The van der Waals surface area contributed by atoms with E-state index in [1.165, 1.54) is 0 Å². The maximum atomic E-state index is 8.37. The lowest BCUT2D eigenvalue weighted by Crippen LogP contribution is -2.25. The predicted molar refractivity (Wildman–Crippen MR) is 44.8 cm³/mol. The van der Waals surface area contributed by atoms with Crippen molar-refractivity contribution in [2.24, 2.45) is 16.8 Å². The molecule has 0 fully saturated rings. The maximum Gasteiger partial charge on any atom is 0.143 e. The van der Waals surface area contributed by atoms with Crippen molar-refractivity contribution in [2.75, 3.05) is 0 Å². The lowest BCUT2D eigenvalue weighted by Gasteiger charge is -2.08. The second-order valence-electron chi connectivity index (χ2n) is 2.65. The molecule has 1 atom stereocenters. The van der Waals surface area contributed by atoms with Gasteiger partial charge in [-0.25, -0.2) is 0 Å². The van der Waals surface area contributed by atoms with Crippen LogP contribution in [0.2, 0.25) is 0 Å². The summed E-state index contributed by atoms with van der Waals surface area (Å²) in [6.45, 7) is 2.50. The van der Waals surface area contributed by atoms with Gasteiger partial charge in [0, 0.05) is 18.3 Å². The molecule has 0 aliphatic carbocycles. The van der Waals surface area contributed by atoms with Gasteiger partial charge in [-0.05, 0) is 6.07 Å². The molecule has 5 heteroatoms. The van der Waals surface area contributed by atoms with Crippen LogP contribution in [0, 0.1) is 5.92 Å². The molecular formula is C7H12N4O. The molecule has 0 spiro atoms. The molecule has 0 amide bonds. The van der Waals surface area contributed by atoms with E-state index in [2.05, 4.69) is 10.3 Å². The summed E-state index contributed by atoms with van der Waals surface area (Å²) in [5, 5.41) is 15.3. The van der Waals surface area contributed by atoms with Crippen LogP contribution in [0.5, 0.6) is 0 Å². The van der Waals surface area contributed by atoms with Gasteiger partial charge in [0.15, 0.2) is 0 Å². The van der Waals surface area contributed by atoms with Crippen LogP contribution in [0.4, 0.5) is 0 Å². The van der Waals surface area contributed by atoms with Gasteiger partial charge in [-0.1, -0.05) is 12.1 Å². The molecule has 66 valence electrons. The number of nitrogens with two attached hydrogens (primary N) is 1. The second kappa shape index (κ2) is 3.75. The van der Waals surface area contributed by atoms with Gasteiger partial charge in [0.25, 0.3) is 0 Å². The topological polar surface area (TPSA) is 76.4 Å². The Bertz CT molecular complexity index is 254. The molecule has 0 radical (unpaired) electrons. The number of hydrogen-bond donors (Lipinski definition) is 2. The zero-order valence-electron chi connectivity index (χ0n) is 6.88. The van der Waals surface area contributed by atoms with Gasteiger partial charge in [0.1, 0.15) is 5.84 Å². The molecule has 1 rings (SSSR count). The van der Waals surface area contributed by atoms with E-state index in [0.29, 0.717) is 6.54 Å². The maximum absolute atomic E-state index is 8.37. The Hall–Kier alpha value is -1.52. The van der Waals surface area contributed by atoms with Gasteiger partial charge in [-0.2, -0.15) is 5.10 Å². The average molecular weight is 168 g/mol. The highest BCUT2D eigenvalue weighted by atomic mass is 16.4. The summed E-state index contributed by atoms with van der Waals surface area (Å²) in [6, 6.07) is 1.83. The van der Waals surface area contributed by atoms with E-state index >= 15 is 0 Å². The van der Waals surface area contributed by atoms with Crippen LogP contribution in [0.3, 0.4) is 0 Å². The number of aromatic nitrogens is 2. The van der Waals surface area contributed by atoms with Crippen molar-refractivity contribution in [1.82, 2.24) is 9.78 Å². The van der Waals surface area contributed by atoms with Crippen molar-refractivity contribution < 1.29 is 5.21 Å². The van der Waals surface area contributed by atoms with Gasteiger partial charge in [0.2, 0.25) is 0 Å². The highest BCUT2D eigenvalue weighted by Gasteiger charge is 2.07. The highest BCUT2D eigenvalue weighted by molar-refractivity contribution is 5.81. The van der Waals surface area contributed by atoms with Gasteiger partial charge in [0.05, 0.1) is 6.54 Å². The third-order valence-electron chi connectivity index (χ3n) is 1.64. The van der Waals surface area contributed by atoms with Crippen molar-refractivity contribution in [2.45, 2.75) is 13.5 Å². The molecule has 0 aromatic carbocycles. The molecule has 12 heavy (non-hydrogen) atoms. The Morgan fingerprint density at radius 2 is 2.58 bits per heavy atom. The van der Waals surface area contributed by atoms with Crippen LogP contribution < -0.4 is 5.73 Å². The summed E-state index contributed by atoms with van der Waals surface area (Å²) >= 11 is 0. The number of nitrogens with zero attached hydrogens (tertiary/aromatic N) is 3. The normalized spacial score (nSPS) is 14.6. The fourth-order valence-electron chi connectivity index (χ4n) is 0.881. The Morgan fingerprint density at radius 1 is 1.83 bits per heavy atom. The molecular weight excluding hydrogens is 156 g/mol. The van der Waals surface area contributed by atoms with Crippen LogP contribution in [-0.2, 0) is 6.54 Å². The SMILES string of the molecule is CC(Cn1cccn1)/C(N)=N/O. The fraction of sp³-hybridized carbons (Fsp3) is 0.429. The third kappa shape index (κ3) is 1.98. The largest absolute Gasteiger partial charge is 0.409 e. The van der Waals surface area contributed by atoms with Crippen molar-refractivity contribution in [3.63, 3.8) is 0 Å². The third-order valence-corrected chi connectivity index (χ3v) is 1.64. The summed E-state index contributed by atoms with van der Waals surface area (Å²) in [5.74, 6) is 0.223. The standard InChI is InChI=1S/C7H12N4O/c1-6(7(8)10-12)5-11-4-2-3-9-11/h2-4,6,12H,5H2,1H3,(H2,8,10). The first-order valence-electron chi connectivity index (χ1n) is 3.69. The quantitative estimate of drug-likeness (QED) is 0.294. The van der Waals surface area contributed by atoms with Crippen molar-refractivity contribution in [3.8, 4) is 0 Å². The van der Waals surface area contributed by atoms with Crippen LogP contribution in [0.15, 0.2) is 23.6 Å². The zero-order valence-corrected chi connectivity index (χ0v) is 6.88. The summed E-state index contributed by atoms with van der Waals surface area (Å²) in [5.41, 5.74) is 5.39. The molecule has 0 saturated heterocycles. The fourth-order valence-corrected chi connectivity index (χ4v) is 0.881. The minimum Gasteiger partial charge on any atom is -0.409 e. The lowest BCUT2D eigenvalue weighted by molar-refractivity contribution is 0.313. The van der Waals surface area contributed by atoms with E-state index < -0.39 is 0 Å². The minimum absolute atomic E-state index is 0.00472. The van der Waals surface area contributed by atoms with Gasteiger partial charge >= 0.3 is 0 Å². The average Bonchev–Trinajstić information content (AvgIpc) is 2.55. The van der Waals surface area contributed by atoms with E-state index in [-0.39, 0.29) is 11.8 Å². The molecule has 1 unspecified atom stereocenters. The number of hydrogen-bond acceptors (Lipinski definition) is 3. The van der Waals surface area contributed by atoms with E-state index in [1.54, 1.807) is 10.9 Å². The Morgan fingerprint density at radius 3 is 3.08 bits per heavy atom. The molecule has 0 saturated carbocycles.